The van der Waals surface area contributed by atoms with Gasteiger partial charge in [0.05, 0.1) is 23.9 Å². The monoisotopic (exact) mass is 463 g/mol. The molecule has 2 aliphatic carbocycles. The molecule has 178 valence electrons. The molecule has 2 saturated carbocycles. The molecule has 2 bridgehead atoms. The van der Waals surface area contributed by atoms with Gasteiger partial charge >= 0.3 is 0 Å². The number of amides is 1. The summed E-state index contributed by atoms with van der Waals surface area (Å²) >= 11 is 0. The predicted molar refractivity (Wildman–Crippen MR) is 126 cm³/mol. The zero-order valence-corrected chi connectivity index (χ0v) is 19.9. The summed E-state index contributed by atoms with van der Waals surface area (Å²) < 4.78 is 15.4. The number of aromatic nitrogens is 4. The summed E-state index contributed by atoms with van der Waals surface area (Å²) in [4.78, 5) is 30.8. The normalized spacial score (nSPS) is 29.3. The number of pyridine rings is 2. The van der Waals surface area contributed by atoms with Gasteiger partial charge in [-0.15, -0.1) is 0 Å². The van der Waals surface area contributed by atoms with Gasteiger partial charge in [-0.1, -0.05) is 6.92 Å². The smallest absolute Gasteiger partial charge is 0.274 e. The summed E-state index contributed by atoms with van der Waals surface area (Å²) in [6.07, 6.45) is 6.32. The van der Waals surface area contributed by atoms with Gasteiger partial charge in [0.15, 0.2) is 5.65 Å². The first kappa shape index (κ1) is 21.3. The standard InChI is InChI=1S/C25H29N5O4/c1-14(2)34-22-17(21(31)26-18-6-5-7-29(23(18)32)19-8-15(19)3)9-16-10-30(28-20(16)27-22)25-11-24(4,12-25)33-13-25/h5-7,9-10,14-15,19H,8,11-13H2,1-4H3,(H,26,31)/t15-,19+,24?,25?/m0/s1. The van der Waals surface area contributed by atoms with Crippen LogP contribution in [0.25, 0.3) is 11.0 Å². The Bertz CT molecular complexity index is 1370. The van der Waals surface area contributed by atoms with Gasteiger partial charge in [0.25, 0.3) is 11.5 Å². The van der Waals surface area contributed by atoms with Gasteiger partial charge in [0.2, 0.25) is 5.88 Å². The molecule has 0 radical (unpaired) electrons. The van der Waals surface area contributed by atoms with Gasteiger partial charge in [-0.2, -0.15) is 10.1 Å². The number of ether oxygens (including phenoxy) is 2. The maximum Gasteiger partial charge on any atom is 0.274 e. The van der Waals surface area contributed by atoms with Crippen LogP contribution in [0, 0.1) is 5.92 Å². The van der Waals surface area contributed by atoms with E-state index < -0.39 is 5.91 Å². The lowest BCUT2D eigenvalue weighted by atomic mass is 9.69. The van der Waals surface area contributed by atoms with E-state index in [1.807, 2.05) is 24.7 Å². The Hall–Kier alpha value is -3.20. The van der Waals surface area contributed by atoms with E-state index in [0.717, 1.165) is 24.6 Å². The van der Waals surface area contributed by atoms with Gasteiger partial charge in [0, 0.05) is 36.7 Å². The number of nitrogens with one attached hydrogen (secondary N) is 1. The fourth-order valence-electron chi connectivity index (χ4n) is 5.49. The Morgan fingerprint density at radius 1 is 1.35 bits per heavy atom. The van der Waals surface area contributed by atoms with Crippen molar-refractivity contribution in [1.82, 2.24) is 19.3 Å². The second-order valence-electron chi connectivity index (χ2n) is 10.7. The molecule has 2 atom stereocenters. The molecule has 9 heteroatoms. The maximum absolute atomic E-state index is 13.3. The molecular weight excluding hydrogens is 434 g/mol. The molecule has 4 fully saturated rings. The molecule has 9 nitrogen and oxygen atoms in total. The Labute approximate surface area is 197 Å². The molecule has 3 aromatic heterocycles. The number of carbonyl (C=O) groups excluding carboxylic acids is 1. The highest BCUT2D eigenvalue weighted by Gasteiger charge is 2.61. The lowest BCUT2D eigenvalue weighted by molar-refractivity contribution is 0.00381. The van der Waals surface area contributed by atoms with Crippen molar-refractivity contribution >= 4 is 22.6 Å². The zero-order chi connectivity index (χ0) is 23.8. The van der Waals surface area contributed by atoms with Gasteiger partial charge in [-0.3, -0.25) is 14.3 Å². The number of fused-ring (bicyclic) bond motifs is 2. The molecule has 1 N–H and O–H groups in total. The Morgan fingerprint density at radius 2 is 2.12 bits per heavy atom. The topological polar surface area (TPSA) is 100 Å². The van der Waals surface area contributed by atoms with Crippen LogP contribution in [-0.4, -0.2) is 43.6 Å². The minimum atomic E-state index is -0.435. The van der Waals surface area contributed by atoms with Gasteiger partial charge in [0.1, 0.15) is 11.3 Å². The van der Waals surface area contributed by atoms with Crippen molar-refractivity contribution in [1.29, 1.82) is 0 Å². The molecule has 2 aliphatic heterocycles. The Morgan fingerprint density at radius 3 is 2.76 bits per heavy atom. The van der Waals surface area contributed by atoms with E-state index in [0.29, 0.717) is 18.2 Å². The zero-order valence-electron chi connectivity index (χ0n) is 19.9. The summed E-state index contributed by atoms with van der Waals surface area (Å²) in [7, 11) is 0. The SMILES string of the molecule is CC(C)Oc1nc2nn(C34COC(C)(C3)C4)cc2cc1C(=O)Nc1cccn([C@@H]2C[C@@H]2C)c1=O. The minimum Gasteiger partial charge on any atom is -0.474 e. The molecule has 34 heavy (non-hydrogen) atoms. The number of hydrogen-bond acceptors (Lipinski definition) is 6. The molecule has 3 aromatic rings. The van der Waals surface area contributed by atoms with Crippen LogP contribution in [-0.2, 0) is 10.3 Å². The van der Waals surface area contributed by atoms with E-state index in [-0.39, 0.29) is 46.0 Å². The lowest BCUT2D eigenvalue weighted by Crippen LogP contribution is -2.49. The quantitative estimate of drug-likeness (QED) is 0.601. The number of nitrogens with zero attached hydrogens (tertiary/aromatic N) is 4. The van der Waals surface area contributed by atoms with Crippen LogP contribution < -0.4 is 15.6 Å². The molecule has 2 saturated heterocycles. The fraction of sp³-hybridized carbons (Fsp3) is 0.520. The summed E-state index contributed by atoms with van der Waals surface area (Å²) in [5, 5.41) is 8.24. The highest BCUT2D eigenvalue weighted by atomic mass is 16.5. The van der Waals surface area contributed by atoms with Crippen molar-refractivity contribution in [3.05, 3.63) is 46.5 Å². The molecule has 0 spiro atoms. The molecule has 4 aliphatic rings. The average molecular weight is 464 g/mol. The number of hydrogen-bond donors (Lipinski definition) is 1. The second-order valence-corrected chi connectivity index (χ2v) is 10.7. The van der Waals surface area contributed by atoms with E-state index in [2.05, 4.69) is 24.1 Å². The second kappa shape index (κ2) is 7.15. The predicted octanol–water partition coefficient (Wildman–Crippen LogP) is 3.49. The number of anilines is 1. The molecule has 1 amide bonds. The van der Waals surface area contributed by atoms with Crippen molar-refractivity contribution < 1.29 is 14.3 Å². The third-order valence-electron chi connectivity index (χ3n) is 7.28. The third-order valence-corrected chi connectivity index (χ3v) is 7.28. The molecule has 0 aromatic carbocycles. The number of rotatable bonds is 6. The first-order chi connectivity index (χ1) is 16.2. The van der Waals surface area contributed by atoms with Crippen molar-refractivity contribution in [3.63, 3.8) is 0 Å². The van der Waals surface area contributed by atoms with E-state index in [1.165, 1.54) is 0 Å². The summed E-state index contributed by atoms with van der Waals surface area (Å²) in [6, 6.07) is 5.35. The molecule has 5 heterocycles. The van der Waals surface area contributed by atoms with E-state index in [1.54, 1.807) is 29.0 Å². The minimum absolute atomic E-state index is 0.0661. The van der Waals surface area contributed by atoms with Crippen molar-refractivity contribution in [2.75, 3.05) is 11.9 Å². The van der Waals surface area contributed by atoms with Crippen molar-refractivity contribution in [3.8, 4) is 5.88 Å². The van der Waals surface area contributed by atoms with Gasteiger partial charge in [-0.25, -0.2) is 0 Å². The lowest BCUT2D eigenvalue weighted by Gasteiger charge is -2.42. The van der Waals surface area contributed by atoms with Gasteiger partial charge in [-0.05, 0) is 51.3 Å². The van der Waals surface area contributed by atoms with Gasteiger partial charge < -0.3 is 19.4 Å². The first-order valence-corrected chi connectivity index (χ1v) is 11.9. The van der Waals surface area contributed by atoms with Crippen LogP contribution in [0.3, 0.4) is 0 Å². The highest BCUT2D eigenvalue weighted by molar-refractivity contribution is 6.07. The molecule has 7 rings (SSSR count). The van der Waals surface area contributed by atoms with E-state index in [9.17, 15) is 9.59 Å². The first-order valence-electron chi connectivity index (χ1n) is 11.9. The van der Waals surface area contributed by atoms with E-state index in [4.69, 9.17) is 14.6 Å². The Balaban J connectivity index is 1.35. The molecular formula is C25H29N5O4. The maximum atomic E-state index is 13.3. The van der Waals surface area contributed by atoms with Crippen LogP contribution in [0.2, 0.25) is 0 Å². The third kappa shape index (κ3) is 3.33. The average Bonchev–Trinajstić information content (AvgIpc) is 3.08. The number of carbonyl (C=O) groups is 1. The summed E-state index contributed by atoms with van der Waals surface area (Å²) in [6.45, 7) is 8.62. The Kier molecular flexibility index (Phi) is 4.49. The van der Waals surface area contributed by atoms with Crippen LogP contribution in [0.5, 0.6) is 5.88 Å². The van der Waals surface area contributed by atoms with Crippen molar-refractivity contribution in [2.45, 2.75) is 70.2 Å². The highest BCUT2D eigenvalue weighted by Crippen LogP contribution is 2.55. The van der Waals surface area contributed by atoms with Crippen LogP contribution in [0.1, 0.15) is 63.4 Å². The van der Waals surface area contributed by atoms with Crippen LogP contribution in [0.15, 0.2) is 35.4 Å². The largest absolute Gasteiger partial charge is 0.474 e. The van der Waals surface area contributed by atoms with Crippen molar-refractivity contribution in [2.24, 2.45) is 5.92 Å². The fourth-order valence-corrected chi connectivity index (χ4v) is 5.49. The molecule has 0 unspecified atom stereocenters. The summed E-state index contributed by atoms with van der Waals surface area (Å²) in [5.74, 6) is 0.238. The summed E-state index contributed by atoms with van der Waals surface area (Å²) in [5.41, 5.74) is 0.622. The van der Waals surface area contributed by atoms with Crippen LogP contribution >= 0.6 is 0 Å². The van der Waals surface area contributed by atoms with Crippen LogP contribution in [0.4, 0.5) is 5.69 Å². The van der Waals surface area contributed by atoms with E-state index >= 15 is 0 Å².